The van der Waals surface area contributed by atoms with Crippen molar-refractivity contribution in [2.75, 3.05) is 0 Å². The number of carbonyl (C=O) groups is 5. The third-order valence-electron chi connectivity index (χ3n) is 7.86. The smallest absolute Gasteiger partial charge is 0.235 e. The number of halogens is 1. The van der Waals surface area contributed by atoms with E-state index < -0.39 is 76.3 Å². The van der Waals surface area contributed by atoms with Crippen molar-refractivity contribution in [3.63, 3.8) is 0 Å². The highest BCUT2D eigenvalue weighted by Gasteiger charge is 2.66. The second-order valence-electron chi connectivity index (χ2n) is 9.74. The quantitative estimate of drug-likeness (QED) is 0.448. The number of primary amides is 1. The normalized spacial score (nSPS) is 29.4. The molecule has 186 valence electrons. The average Bonchev–Trinajstić information content (AvgIpc) is 2.82. The number of benzene rings is 2. The van der Waals surface area contributed by atoms with E-state index in [0.717, 1.165) is 0 Å². The fourth-order valence-electron chi connectivity index (χ4n) is 6.13. The molecular formula is C26H23FN2O7. The molecule has 36 heavy (non-hydrogen) atoms. The summed E-state index contributed by atoms with van der Waals surface area (Å²) in [6, 6.07) is 7.16. The van der Waals surface area contributed by atoms with Crippen LogP contribution < -0.4 is 11.5 Å². The summed E-state index contributed by atoms with van der Waals surface area (Å²) in [6.07, 6.45) is -0.297. The van der Waals surface area contributed by atoms with Gasteiger partial charge in [0.1, 0.15) is 11.6 Å². The molecule has 0 bridgehead atoms. The van der Waals surface area contributed by atoms with E-state index in [1.807, 2.05) is 0 Å². The van der Waals surface area contributed by atoms with E-state index >= 15 is 0 Å². The van der Waals surface area contributed by atoms with Gasteiger partial charge in [-0.05, 0) is 53.6 Å². The molecule has 0 aliphatic heterocycles. The number of phenolic OH excluding ortho intramolecular Hbond substituents is 1. The van der Waals surface area contributed by atoms with Crippen LogP contribution in [0.25, 0.3) is 11.1 Å². The first-order chi connectivity index (χ1) is 17.0. The number of ketones is 4. The molecule has 5 atom stereocenters. The van der Waals surface area contributed by atoms with Crippen LogP contribution in [0.4, 0.5) is 4.39 Å². The maximum absolute atomic E-state index is 13.7. The van der Waals surface area contributed by atoms with Crippen LogP contribution in [0, 0.1) is 29.5 Å². The Hall–Kier alpha value is -3.76. The first-order valence-electron chi connectivity index (χ1n) is 11.5. The van der Waals surface area contributed by atoms with Gasteiger partial charge in [0.25, 0.3) is 0 Å². The molecule has 0 aromatic heterocycles. The molecule has 10 heteroatoms. The highest BCUT2D eigenvalue weighted by molar-refractivity contribution is 6.31. The number of aliphatic hydroxyl groups is 1. The number of rotatable bonds is 3. The summed E-state index contributed by atoms with van der Waals surface area (Å²) >= 11 is 0. The van der Waals surface area contributed by atoms with E-state index in [4.69, 9.17) is 11.5 Å². The van der Waals surface area contributed by atoms with Gasteiger partial charge in [-0.15, -0.1) is 0 Å². The lowest BCUT2D eigenvalue weighted by Gasteiger charge is -2.48. The Kier molecular flexibility index (Phi) is 5.42. The van der Waals surface area contributed by atoms with Crippen LogP contribution in [0.15, 0.2) is 30.3 Å². The second kappa shape index (κ2) is 8.14. The second-order valence-corrected chi connectivity index (χ2v) is 9.74. The van der Waals surface area contributed by atoms with E-state index in [1.165, 1.54) is 24.3 Å². The topological polar surface area (TPSA) is 178 Å². The highest BCUT2D eigenvalue weighted by Crippen LogP contribution is 2.51. The standard InChI is InChI=1S/C26H23FN2O7/c27-14-3-1-10(2-4-14)15-7-12(9-28)21(31)19-16(15)6-11-5-13-8-17(30)20(25(29)35)24(34)26(13,36)23(33)18(11)22(19)32/h1-4,7,11,13,18,20,31,36H,5-6,8-9,28H2,(H2,29,35)/t11-,13+,18?,20?,26+/m1/s1. The summed E-state index contributed by atoms with van der Waals surface area (Å²) in [5, 5.41) is 22.2. The minimum absolute atomic E-state index is 0.0106. The third kappa shape index (κ3) is 3.17. The zero-order valence-electron chi connectivity index (χ0n) is 19.0. The monoisotopic (exact) mass is 494 g/mol. The summed E-state index contributed by atoms with van der Waals surface area (Å²) < 4.78 is 13.6. The van der Waals surface area contributed by atoms with Crippen LogP contribution in [0.2, 0.25) is 0 Å². The number of nitrogens with two attached hydrogens (primary N) is 2. The summed E-state index contributed by atoms with van der Waals surface area (Å²) in [5.41, 5.74) is 9.90. The fraction of sp³-hybridized carbons (Fsp3) is 0.346. The maximum atomic E-state index is 13.7. The van der Waals surface area contributed by atoms with Gasteiger partial charge in [-0.25, -0.2) is 4.39 Å². The highest BCUT2D eigenvalue weighted by atomic mass is 19.1. The Morgan fingerprint density at radius 3 is 2.36 bits per heavy atom. The molecular weight excluding hydrogens is 471 g/mol. The van der Waals surface area contributed by atoms with E-state index in [0.29, 0.717) is 16.7 Å². The molecule has 0 heterocycles. The van der Waals surface area contributed by atoms with Gasteiger partial charge in [0.05, 0.1) is 11.5 Å². The minimum Gasteiger partial charge on any atom is -0.507 e. The van der Waals surface area contributed by atoms with Gasteiger partial charge in [0, 0.05) is 24.4 Å². The van der Waals surface area contributed by atoms with Crippen LogP contribution in [-0.2, 0) is 32.1 Å². The van der Waals surface area contributed by atoms with Crippen molar-refractivity contribution >= 4 is 29.0 Å². The molecule has 3 aliphatic rings. The van der Waals surface area contributed by atoms with E-state index in [2.05, 4.69) is 0 Å². The zero-order valence-corrected chi connectivity index (χ0v) is 19.0. The van der Waals surface area contributed by atoms with Gasteiger partial charge in [0.2, 0.25) is 5.91 Å². The number of fused-ring (bicyclic) bond motifs is 3. The van der Waals surface area contributed by atoms with Gasteiger partial charge < -0.3 is 21.7 Å². The molecule has 2 aromatic carbocycles. The van der Waals surface area contributed by atoms with Crippen LogP contribution in [0.3, 0.4) is 0 Å². The van der Waals surface area contributed by atoms with Crippen LogP contribution in [0.5, 0.6) is 5.75 Å². The first kappa shape index (κ1) is 24.0. The van der Waals surface area contributed by atoms with Crippen LogP contribution in [-0.4, -0.2) is 44.9 Å². The van der Waals surface area contributed by atoms with Crippen molar-refractivity contribution in [2.24, 2.45) is 35.1 Å². The molecule has 3 aliphatic carbocycles. The summed E-state index contributed by atoms with van der Waals surface area (Å²) in [5.74, 6) is -11.3. The van der Waals surface area contributed by atoms with Gasteiger partial charge in [-0.1, -0.05) is 12.1 Å². The molecule has 0 spiro atoms. The molecule has 2 saturated carbocycles. The molecule has 2 fully saturated rings. The number of hydrogen-bond acceptors (Lipinski definition) is 8. The largest absolute Gasteiger partial charge is 0.507 e. The number of amides is 1. The zero-order chi connectivity index (χ0) is 26.1. The molecule has 0 radical (unpaired) electrons. The van der Waals surface area contributed by atoms with Crippen molar-refractivity contribution in [1.29, 1.82) is 0 Å². The predicted molar refractivity (Wildman–Crippen MR) is 122 cm³/mol. The predicted octanol–water partition coefficient (Wildman–Crippen LogP) is 0.592. The van der Waals surface area contributed by atoms with Crippen molar-refractivity contribution in [2.45, 2.75) is 31.4 Å². The lowest BCUT2D eigenvalue weighted by atomic mass is 9.53. The first-order valence-corrected chi connectivity index (χ1v) is 11.5. The number of hydrogen-bond donors (Lipinski definition) is 4. The molecule has 2 unspecified atom stereocenters. The average molecular weight is 494 g/mol. The Labute approximate surface area is 204 Å². The number of Topliss-reactive ketones (excluding diaryl/α,β-unsaturated/α-hetero) is 4. The number of carbonyl (C=O) groups excluding carboxylic acids is 5. The van der Waals surface area contributed by atoms with Gasteiger partial charge in [-0.2, -0.15) is 0 Å². The van der Waals surface area contributed by atoms with Crippen LogP contribution in [0.1, 0.15) is 34.3 Å². The van der Waals surface area contributed by atoms with E-state index in [9.17, 15) is 38.6 Å². The lowest BCUT2D eigenvalue weighted by molar-refractivity contribution is -0.175. The van der Waals surface area contributed by atoms with E-state index in [-0.39, 0.29) is 30.5 Å². The molecule has 1 amide bonds. The molecule has 5 rings (SSSR count). The molecule has 2 aromatic rings. The van der Waals surface area contributed by atoms with Crippen molar-refractivity contribution in [3.8, 4) is 16.9 Å². The van der Waals surface area contributed by atoms with E-state index in [1.54, 1.807) is 6.07 Å². The maximum Gasteiger partial charge on any atom is 0.235 e. The summed E-state index contributed by atoms with van der Waals surface area (Å²) in [6.45, 7) is -0.129. The Morgan fingerprint density at radius 2 is 1.75 bits per heavy atom. The van der Waals surface area contributed by atoms with Gasteiger partial charge in [0.15, 0.2) is 34.7 Å². The molecule has 9 nitrogen and oxygen atoms in total. The molecule has 6 N–H and O–H groups in total. The number of phenols is 1. The van der Waals surface area contributed by atoms with Crippen molar-refractivity contribution in [3.05, 3.63) is 52.8 Å². The van der Waals surface area contributed by atoms with Gasteiger partial charge >= 0.3 is 0 Å². The number of aromatic hydroxyl groups is 1. The SMILES string of the molecule is NCc1cc(-c2ccc(F)cc2)c2c(c1O)C(=O)C1C(=O)[C@]3(O)C(=O)C(C(N)=O)C(=O)C[C@@H]3C[C@@H]1C2. The fourth-order valence-corrected chi connectivity index (χ4v) is 6.13. The van der Waals surface area contributed by atoms with Crippen LogP contribution >= 0.6 is 0 Å². The Balaban J connectivity index is 1.66. The Morgan fingerprint density at radius 1 is 1.08 bits per heavy atom. The summed E-state index contributed by atoms with van der Waals surface area (Å²) in [4.78, 5) is 64.5. The lowest BCUT2D eigenvalue weighted by Crippen LogP contribution is -2.68. The van der Waals surface area contributed by atoms with Gasteiger partial charge in [-0.3, -0.25) is 24.0 Å². The van der Waals surface area contributed by atoms with Crippen molar-refractivity contribution in [1.82, 2.24) is 0 Å². The summed E-state index contributed by atoms with van der Waals surface area (Å²) in [7, 11) is 0. The third-order valence-corrected chi connectivity index (χ3v) is 7.86. The minimum atomic E-state index is -2.71. The van der Waals surface area contributed by atoms with Crippen molar-refractivity contribution < 1.29 is 38.6 Å². The molecule has 0 saturated heterocycles. The Bertz CT molecular complexity index is 1370.